The molecule has 1 aliphatic heterocycles. The van der Waals surface area contributed by atoms with E-state index in [0.29, 0.717) is 0 Å². The third-order valence-corrected chi connectivity index (χ3v) is 3.73. The zero-order valence-electron chi connectivity index (χ0n) is 9.09. The molecule has 0 amide bonds. The summed E-state index contributed by atoms with van der Waals surface area (Å²) in [6.07, 6.45) is 7.27. The van der Waals surface area contributed by atoms with Crippen molar-refractivity contribution < 1.29 is 4.52 Å². The third kappa shape index (κ3) is 1.81. The second kappa shape index (κ2) is 3.97. The molecule has 0 bridgehead atoms. The van der Waals surface area contributed by atoms with E-state index >= 15 is 0 Å². The lowest BCUT2D eigenvalue weighted by molar-refractivity contribution is 0.361. The normalized spacial score (nSPS) is 24.7. The predicted molar refractivity (Wildman–Crippen MR) is 57.8 cm³/mol. The summed E-state index contributed by atoms with van der Waals surface area (Å²) in [6.45, 7) is 2.38. The van der Waals surface area contributed by atoms with Crippen molar-refractivity contribution in [1.29, 1.82) is 0 Å². The Labute approximate surface area is 90.2 Å². The molecule has 3 heteroatoms. The first-order valence-electron chi connectivity index (χ1n) is 6.10. The van der Waals surface area contributed by atoms with Gasteiger partial charge in [-0.2, -0.15) is 0 Å². The Morgan fingerprint density at radius 1 is 1.40 bits per heavy atom. The maximum absolute atomic E-state index is 5.43. The Balaban J connectivity index is 1.61. The molecule has 82 valence electrons. The molecule has 1 unspecified atom stereocenters. The molecule has 1 N–H and O–H groups in total. The highest BCUT2D eigenvalue weighted by atomic mass is 16.5. The molecule has 3 nitrogen and oxygen atoms in total. The Morgan fingerprint density at radius 3 is 3.27 bits per heavy atom. The third-order valence-electron chi connectivity index (χ3n) is 3.73. The van der Waals surface area contributed by atoms with E-state index in [1.54, 1.807) is 0 Å². The number of aromatic nitrogens is 1. The van der Waals surface area contributed by atoms with Crippen molar-refractivity contribution in [3.05, 3.63) is 17.0 Å². The molecule has 1 atom stereocenters. The van der Waals surface area contributed by atoms with Crippen LogP contribution in [0.25, 0.3) is 0 Å². The fraction of sp³-hybridized carbons (Fsp3) is 0.750. The molecule has 1 saturated heterocycles. The van der Waals surface area contributed by atoms with E-state index in [1.165, 1.54) is 55.8 Å². The summed E-state index contributed by atoms with van der Waals surface area (Å²) < 4.78 is 5.43. The van der Waals surface area contributed by atoms with Crippen LogP contribution in [0.1, 0.15) is 36.3 Å². The summed E-state index contributed by atoms with van der Waals surface area (Å²) in [5, 5.41) is 7.56. The topological polar surface area (TPSA) is 38.1 Å². The van der Waals surface area contributed by atoms with E-state index in [1.807, 2.05) is 0 Å². The number of hydrogen-bond acceptors (Lipinski definition) is 3. The van der Waals surface area contributed by atoms with Crippen molar-refractivity contribution in [3.63, 3.8) is 0 Å². The fourth-order valence-corrected chi connectivity index (χ4v) is 2.79. The largest absolute Gasteiger partial charge is 0.361 e. The van der Waals surface area contributed by atoms with E-state index in [2.05, 4.69) is 10.5 Å². The highest BCUT2D eigenvalue weighted by Gasteiger charge is 2.22. The van der Waals surface area contributed by atoms with Crippen LogP contribution in [0.4, 0.5) is 0 Å². The first-order valence-corrected chi connectivity index (χ1v) is 6.10. The summed E-state index contributed by atoms with van der Waals surface area (Å²) in [5.74, 6) is 2.03. The van der Waals surface area contributed by atoms with Crippen molar-refractivity contribution in [2.24, 2.45) is 5.92 Å². The highest BCUT2D eigenvalue weighted by Crippen LogP contribution is 2.26. The molecule has 2 heterocycles. The fourth-order valence-electron chi connectivity index (χ4n) is 2.79. The Hall–Kier alpha value is -0.830. The van der Waals surface area contributed by atoms with Crippen molar-refractivity contribution in [2.75, 3.05) is 13.1 Å². The molecule has 0 aromatic carbocycles. The number of hydrogen-bond donors (Lipinski definition) is 1. The molecule has 0 saturated carbocycles. The minimum absolute atomic E-state index is 0.854. The van der Waals surface area contributed by atoms with E-state index in [0.717, 1.165) is 18.8 Å². The van der Waals surface area contributed by atoms with Gasteiger partial charge in [0.1, 0.15) is 5.76 Å². The number of aryl methyl sites for hydroxylation is 2. The molecule has 15 heavy (non-hydrogen) atoms. The monoisotopic (exact) mass is 206 g/mol. The van der Waals surface area contributed by atoms with Crippen molar-refractivity contribution in [3.8, 4) is 0 Å². The van der Waals surface area contributed by atoms with Crippen LogP contribution in [-0.2, 0) is 19.3 Å². The Bertz CT molecular complexity index is 339. The minimum atomic E-state index is 0.854. The molecule has 2 aliphatic rings. The van der Waals surface area contributed by atoms with Gasteiger partial charge >= 0.3 is 0 Å². The van der Waals surface area contributed by atoms with Crippen molar-refractivity contribution in [1.82, 2.24) is 10.5 Å². The Morgan fingerprint density at radius 2 is 2.40 bits per heavy atom. The molecule has 0 spiro atoms. The van der Waals surface area contributed by atoms with Gasteiger partial charge in [-0.1, -0.05) is 5.16 Å². The predicted octanol–water partition coefficient (Wildman–Crippen LogP) is 1.71. The molecule has 3 rings (SSSR count). The van der Waals surface area contributed by atoms with Crippen LogP contribution >= 0.6 is 0 Å². The van der Waals surface area contributed by atoms with Gasteiger partial charge in [0.25, 0.3) is 0 Å². The van der Waals surface area contributed by atoms with Gasteiger partial charge in [-0.3, -0.25) is 0 Å². The zero-order chi connectivity index (χ0) is 10.1. The summed E-state index contributed by atoms with van der Waals surface area (Å²) in [6, 6.07) is 0. The lowest BCUT2D eigenvalue weighted by Crippen LogP contribution is -2.09. The quantitative estimate of drug-likeness (QED) is 0.818. The standard InChI is InChI=1S/C12H18N2O/c1-2-10-11(3-1)14-15-12(10)5-4-9-6-7-13-8-9/h9,13H,1-8H2. The molecular weight excluding hydrogens is 188 g/mol. The number of fused-ring (bicyclic) bond motifs is 1. The molecule has 1 aliphatic carbocycles. The summed E-state index contributed by atoms with van der Waals surface area (Å²) >= 11 is 0. The average Bonchev–Trinajstić information content (AvgIpc) is 2.93. The number of nitrogens with one attached hydrogen (secondary N) is 1. The molecule has 1 aromatic rings. The van der Waals surface area contributed by atoms with Gasteiger partial charge in [-0.15, -0.1) is 0 Å². The van der Waals surface area contributed by atoms with Gasteiger partial charge in [0.15, 0.2) is 0 Å². The van der Waals surface area contributed by atoms with Crippen LogP contribution in [-0.4, -0.2) is 18.2 Å². The first kappa shape index (κ1) is 9.40. The van der Waals surface area contributed by atoms with Gasteiger partial charge in [0.05, 0.1) is 5.69 Å². The van der Waals surface area contributed by atoms with Crippen LogP contribution < -0.4 is 5.32 Å². The molecule has 1 aromatic heterocycles. The van der Waals surface area contributed by atoms with Gasteiger partial charge in [0.2, 0.25) is 0 Å². The summed E-state index contributed by atoms with van der Waals surface area (Å²) in [4.78, 5) is 0. The molecular formula is C12H18N2O. The van der Waals surface area contributed by atoms with Gasteiger partial charge in [-0.05, 0) is 51.1 Å². The maximum atomic E-state index is 5.43. The summed E-state index contributed by atoms with van der Waals surface area (Å²) in [5.41, 5.74) is 2.66. The maximum Gasteiger partial charge on any atom is 0.140 e. The highest BCUT2D eigenvalue weighted by molar-refractivity contribution is 5.27. The second-order valence-corrected chi connectivity index (χ2v) is 4.78. The van der Waals surface area contributed by atoms with Gasteiger partial charge < -0.3 is 9.84 Å². The Kier molecular flexibility index (Phi) is 2.49. The summed E-state index contributed by atoms with van der Waals surface area (Å²) in [7, 11) is 0. The van der Waals surface area contributed by atoms with Gasteiger partial charge in [0, 0.05) is 12.0 Å². The molecule has 0 radical (unpaired) electrons. The minimum Gasteiger partial charge on any atom is -0.361 e. The second-order valence-electron chi connectivity index (χ2n) is 4.78. The lowest BCUT2D eigenvalue weighted by atomic mass is 10.00. The lowest BCUT2D eigenvalue weighted by Gasteiger charge is -2.05. The zero-order valence-corrected chi connectivity index (χ0v) is 9.09. The van der Waals surface area contributed by atoms with Crippen molar-refractivity contribution in [2.45, 2.75) is 38.5 Å². The van der Waals surface area contributed by atoms with Crippen LogP contribution in [0.3, 0.4) is 0 Å². The number of rotatable bonds is 3. The van der Waals surface area contributed by atoms with E-state index in [9.17, 15) is 0 Å². The number of nitrogens with zero attached hydrogens (tertiary/aromatic N) is 1. The van der Waals surface area contributed by atoms with Crippen LogP contribution in [0.15, 0.2) is 4.52 Å². The van der Waals surface area contributed by atoms with E-state index in [-0.39, 0.29) is 0 Å². The SMILES string of the molecule is C1Cc2noc(CCC3CCNC3)c2C1. The van der Waals surface area contributed by atoms with E-state index in [4.69, 9.17) is 4.52 Å². The average molecular weight is 206 g/mol. The van der Waals surface area contributed by atoms with Crippen LogP contribution in [0.5, 0.6) is 0 Å². The molecule has 1 fully saturated rings. The van der Waals surface area contributed by atoms with Gasteiger partial charge in [-0.25, -0.2) is 0 Å². The first-order chi connectivity index (χ1) is 7.43. The van der Waals surface area contributed by atoms with Crippen LogP contribution in [0.2, 0.25) is 0 Å². The smallest absolute Gasteiger partial charge is 0.140 e. The van der Waals surface area contributed by atoms with Crippen molar-refractivity contribution >= 4 is 0 Å². The van der Waals surface area contributed by atoms with Crippen LogP contribution in [0, 0.1) is 5.92 Å². The van der Waals surface area contributed by atoms with E-state index < -0.39 is 0 Å².